The third-order valence-electron chi connectivity index (χ3n) is 3.55. The molecule has 20 heavy (non-hydrogen) atoms. The lowest BCUT2D eigenvalue weighted by Crippen LogP contribution is -2.32. The highest BCUT2D eigenvalue weighted by molar-refractivity contribution is 5.49. The summed E-state index contributed by atoms with van der Waals surface area (Å²) in [5.74, 6) is 0.858. The van der Waals surface area contributed by atoms with Crippen molar-refractivity contribution in [3.8, 4) is 6.07 Å². The second-order valence-electron chi connectivity index (χ2n) is 5.14. The van der Waals surface area contributed by atoms with Crippen LogP contribution in [0.3, 0.4) is 0 Å². The molecule has 5 nitrogen and oxygen atoms in total. The summed E-state index contributed by atoms with van der Waals surface area (Å²) in [5, 5.41) is 17.0. The van der Waals surface area contributed by atoms with Crippen LogP contribution in [0.15, 0.2) is 18.3 Å². The minimum absolute atomic E-state index is 0.362. The van der Waals surface area contributed by atoms with E-state index >= 15 is 0 Å². The van der Waals surface area contributed by atoms with Gasteiger partial charge in [-0.15, -0.1) is 10.2 Å². The first-order chi connectivity index (χ1) is 9.67. The van der Waals surface area contributed by atoms with Crippen LogP contribution in [-0.2, 0) is 13.0 Å². The van der Waals surface area contributed by atoms with Gasteiger partial charge >= 0.3 is 0 Å². The summed E-state index contributed by atoms with van der Waals surface area (Å²) in [5.41, 5.74) is 4.95. The zero-order chi connectivity index (χ0) is 14.1. The lowest BCUT2D eigenvalue weighted by atomic mass is 10.0. The third kappa shape index (κ3) is 2.21. The lowest BCUT2D eigenvalue weighted by Gasteiger charge is -2.29. The first-order valence-corrected chi connectivity index (χ1v) is 6.61. The molecule has 0 amide bonds. The Bertz CT molecular complexity index is 702. The van der Waals surface area contributed by atoms with E-state index in [4.69, 9.17) is 5.26 Å². The first kappa shape index (κ1) is 12.5. The molecule has 0 aromatic carbocycles. The fourth-order valence-electron chi connectivity index (χ4n) is 2.57. The molecule has 5 heteroatoms. The molecular weight excluding hydrogens is 250 g/mol. The van der Waals surface area contributed by atoms with Crippen LogP contribution in [-0.4, -0.2) is 21.7 Å². The number of anilines is 1. The largest absolute Gasteiger partial charge is 0.350 e. The predicted molar refractivity (Wildman–Crippen MR) is 75.2 cm³/mol. The monoisotopic (exact) mass is 265 g/mol. The Morgan fingerprint density at radius 3 is 2.85 bits per heavy atom. The van der Waals surface area contributed by atoms with Gasteiger partial charge in [0.25, 0.3) is 0 Å². The quantitative estimate of drug-likeness (QED) is 0.788. The van der Waals surface area contributed by atoms with Gasteiger partial charge in [-0.1, -0.05) is 6.07 Å². The maximum absolute atomic E-state index is 8.85. The Morgan fingerprint density at radius 1 is 1.25 bits per heavy atom. The highest BCUT2D eigenvalue weighted by Crippen LogP contribution is 2.24. The number of hydrogen-bond acceptors (Lipinski definition) is 5. The van der Waals surface area contributed by atoms with E-state index in [0.717, 1.165) is 30.9 Å². The van der Waals surface area contributed by atoms with Crippen LogP contribution in [0, 0.1) is 25.2 Å². The van der Waals surface area contributed by atoms with Crippen LogP contribution in [0.1, 0.15) is 28.1 Å². The molecule has 3 rings (SSSR count). The molecule has 0 N–H and O–H groups in total. The van der Waals surface area contributed by atoms with Gasteiger partial charge in [0.2, 0.25) is 0 Å². The van der Waals surface area contributed by atoms with Crippen molar-refractivity contribution in [3.05, 3.63) is 46.4 Å². The van der Waals surface area contributed by atoms with E-state index in [1.807, 2.05) is 19.2 Å². The van der Waals surface area contributed by atoms with E-state index in [-0.39, 0.29) is 0 Å². The molecule has 0 spiro atoms. The summed E-state index contributed by atoms with van der Waals surface area (Å²) in [6.07, 6.45) is 2.83. The Balaban J connectivity index is 1.92. The fraction of sp³-hybridized carbons (Fsp3) is 0.333. The van der Waals surface area contributed by atoms with Gasteiger partial charge in [0.05, 0.1) is 0 Å². The maximum atomic E-state index is 8.85. The minimum Gasteiger partial charge on any atom is -0.350 e. The van der Waals surface area contributed by atoms with Gasteiger partial charge in [-0.3, -0.25) is 4.98 Å². The minimum atomic E-state index is 0.362. The van der Waals surface area contributed by atoms with Crippen molar-refractivity contribution >= 4 is 5.82 Å². The van der Waals surface area contributed by atoms with Gasteiger partial charge in [0.1, 0.15) is 6.07 Å². The molecule has 0 saturated carbocycles. The van der Waals surface area contributed by atoms with E-state index in [1.54, 1.807) is 6.07 Å². The van der Waals surface area contributed by atoms with Gasteiger partial charge in [-0.05, 0) is 36.6 Å². The van der Waals surface area contributed by atoms with Crippen LogP contribution in [0.4, 0.5) is 5.82 Å². The van der Waals surface area contributed by atoms with Crippen molar-refractivity contribution in [3.63, 3.8) is 0 Å². The number of aromatic nitrogens is 3. The fourth-order valence-corrected chi connectivity index (χ4v) is 2.57. The van der Waals surface area contributed by atoms with Crippen molar-refractivity contribution in [1.82, 2.24) is 15.2 Å². The van der Waals surface area contributed by atoms with Crippen LogP contribution in [0.25, 0.3) is 0 Å². The molecule has 1 aliphatic heterocycles. The summed E-state index contributed by atoms with van der Waals surface area (Å²) in [6, 6.07) is 5.98. The zero-order valence-electron chi connectivity index (χ0n) is 11.6. The van der Waals surface area contributed by atoms with Crippen LogP contribution < -0.4 is 4.90 Å². The number of rotatable bonds is 1. The number of aryl methyl sites for hydroxylation is 2. The molecule has 0 unspecified atom stereocenters. The maximum Gasteiger partial charge on any atom is 0.163 e. The Labute approximate surface area is 117 Å². The summed E-state index contributed by atoms with van der Waals surface area (Å²) in [4.78, 5) is 6.69. The van der Waals surface area contributed by atoms with Gasteiger partial charge < -0.3 is 4.90 Å². The molecule has 2 aromatic rings. The molecule has 100 valence electrons. The summed E-state index contributed by atoms with van der Waals surface area (Å²) in [7, 11) is 0. The zero-order valence-corrected chi connectivity index (χ0v) is 11.6. The topological polar surface area (TPSA) is 65.7 Å². The van der Waals surface area contributed by atoms with Crippen molar-refractivity contribution in [1.29, 1.82) is 5.26 Å². The molecule has 0 saturated heterocycles. The number of hydrogen-bond donors (Lipinski definition) is 0. The second-order valence-corrected chi connectivity index (χ2v) is 5.14. The molecule has 1 aliphatic rings. The molecular formula is C15H15N5. The summed E-state index contributed by atoms with van der Waals surface area (Å²) >= 11 is 0. The van der Waals surface area contributed by atoms with Crippen LogP contribution >= 0.6 is 0 Å². The molecule has 0 fully saturated rings. The number of fused-ring (bicyclic) bond motifs is 1. The van der Waals surface area contributed by atoms with E-state index in [0.29, 0.717) is 5.69 Å². The molecule has 3 heterocycles. The van der Waals surface area contributed by atoms with Crippen molar-refractivity contribution in [2.45, 2.75) is 26.8 Å². The molecule has 2 aromatic heterocycles. The average molecular weight is 265 g/mol. The number of nitrogens with zero attached hydrogens (tertiary/aromatic N) is 5. The Hall–Kier alpha value is -2.48. The molecule has 0 aliphatic carbocycles. The van der Waals surface area contributed by atoms with Gasteiger partial charge in [-0.2, -0.15) is 5.26 Å². The smallest absolute Gasteiger partial charge is 0.163 e. The summed E-state index contributed by atoms with van der Waals surface area (Å²) < 4.78 is 0. The Kier molecular flexibility index (Phi) is 3.07. The van der Waals surface area contributed by atoms with Gasteiger partial charge in [0.15, 0.2) is 11.5 Å². The number of pyridine rings is 1. The SMILES string of the molecule is Cc1cnc2c(c1)CN(c1nnc(C#N)cc1C)CC2. The van der Waals surface area contributed by atoms with Gasteiger partial charge in [0, 0.05) is 31.4 Å². The normalized spacial score (nSPS) is 13.8. The number of nitriles is 1. The highest BCUT2D eigenvalue weighted by atomic mass is 15.3. The van der Waals surface area contributed by atoms with Crippen molar-refractivity contribution < 1.29 is 0 Å². The van der Waals surface area contributed by atoms with E-state index in [1.165, 1.54) is 16.8 Å². The van der Waals surface area contributed by atoms with Crippen LogP contribution in [0.5, 0.6) is 0 Å². The second kappa shape index (κ2) is 4.89. The van der Waals surface area contributed by atoms with E-state index in [2.05, 4.69) is 33.1 Å². The van der Waals surface area contributed by atoms with Crippen molar-refractivity contribution in [2.24, 2.45) is 0 Å². The highest BCUT2D eigenvalue weighted by Gasteiger charge is 2.20. The van der Waals surface area contributed by atoms with Crippen molar-refractivity contribution in [2.75, 3.05) is 11.4 Å². The predicted octanol–water partition coefficient (Wildman–Crippen LogP) is 1.92. The summed E-state index contributed by atoms with van der Waals surface area (Å²) in [6.45, 7) is 5.70. The molecule has 0 bridgehead atoms. The molecule has 0 radical (unpaired) electrons. The van der Waals surface area contributed by atoms with Gasteiger partial charge in [-0.25, -0.2) is 0 Å². The van der Waals surface area contributed by atoms with Crippen LogP contribution in [0.2, 0.25) is 0 Å². The average Bonchev–Trinajstić information content (AvgIpc) is 2.46. The molecule has 0 atom stereocenters. The standard InChI is InChI=1S/C15H15N5/c1-10-5-12-9-20(4-3-14(12)17-8-10)15-11(2)6-13(7-16)18-19-15/h5-6,8H,3-4,9H2,1-2H3. The Morgan fingerprint density at radius 2 is 2.10 bits per heavy atom. The van der Waals surface area contributed by atoms with E-state index < -0.39 is 0 Å². The lowest BCUT2D eigenvalue weighted by molar-refractivity contribution is 0.691. The third-order valence-corrected chi connectivity index (χ3v) is 3.55. The first-order valence-electron chi connectivity index (χ1n) is 6.61. The van der Waals surface area contributed by atoms with E-state index in [9.17, 15) is 0 Å².